The molecule has 1 N–H and O–H groups in total. The molecule has 168 valence electrons. The Kier molecular flexibility index (Phi) is 7.06. The van der Waals surface area contributed by atoms with Gasteiger partial charge in [0.25, 0.3) is 0 Å². The van der Waals surface area contributed by atoms with E-state index in [9.17, 15) is 4.79 Å². The van der Waals surface area contributed by atoms with Gasteiger partial charge in [-0.05, 0) is 49.2 Å². The summed E-state index contributed by atoms with van der Waals surface area (Å²) in [4.78, 5) is 17.6. The third kappa shape index (κ3) is 5.24. The van der Waals surface area contributed by atoms with Crippen molar-refractivity contribution < 1.29 is 9.53 Å². The molecule has 0 saturated carbocycles. The number of thioether (sulfide) groups is 1. The van der Waals surface area contributed by atoms with Crippen molar-refractivity contribution in [1.82, 2.24) is 9.55 Å². The average Bonchev–Trinajstić information content (AvgIpc) is 3.25. The van der Waals surface area contributed by atoms with Crippen molar-refractivity contribution in [2.75, 3.05) is 18.2 Å². The molecule has 5 nitrogen and oxygen atoms in total. The summed E-state index contributed by atoms with van der Waals surface area (Å²) in [6.07, 6.45) is 1.94. The molecule has 0 aliphatic carbocycles. The van der Waals surface area contributed by atoms with E-state index in [0.717, 1.165) is 33.8 Å². The van der Waals surface area contributed by atoms with Crippen LogP contribution < -0.4 is 10.1 Å². The second-order valence-corrected chi connectivity index (χ2v) is 8.92. The highest BCUT2D eigenvalue weighted by molar-refractivity contribution is 7.99. The van der Waals surface area contributed by atoms with Crippen LogP contribution in [0.3, 0.4) is 0 Å². The van der Waals surface area contributed by atoms with E-state index in [4.69, 9.17) is 21.3 Å². The molecule has 4 aromatic rings. The molecule has 0 aliphatic rings. The predicted octanol–water partition coefficient (Wildman–Crippen LogP) is 6.55. The van der Waals surface area contributed by atoms with Gasteiger partial charge in [0.2, 0.25) is 5.91 Å². The number of aryl methyl sites for hydroxylation is 1. The number of anilines is 1. The Morgan fingerprint density at radius 3 is 2.64 bits per heavy atom. The number of nitrogens with one attached hydrogen (secondary N) is 1. The number of aromatic nitrogens is 2. The summed E-state index contributed by atoms with van der Waals surface area (Å²) in [6, 6.07) is 21.2. The molecule has 7 heteroatoms. The molecule has 4 rings (SSSR count). The smallest absolute Gasteiger partial charge is 0.234 e. The summed E-state index contributed by atoms with van der Waals surface area (Å²) in [6.45, 7) is 4.03. The molecule has 1 aromatic heterocycles. The Morgan fingerprint density at radius 1 is 1.09 bits per heavy atom. The Labute approximate surface area is 202 Å². The van der Waals surface area contributed by atoms with Crippen molar-refractivity contribution in [3.63, 3.8) is 0 Å². The van der Waals surface area contributed by atoms with Gasteiger partial charge in [-0.15, -0.1) is 0 Å². The number of hydrogen-bond acceptors (Lipinski definition) is 4. The molecular weight excluding hydrogens is 454 g/mol. The Hall–Kier alpha value is -3.22. The van der Waals surface area contributed by atoms with Crippen molar-refractivity contribution in [2.45, 2.75) is 19.0 Å². The summed E-state index contributed by atoms with van der Waals surface area (Å²) >= 11 is 7.65. The normalized spacial score (nSPS) is 10.8. The number of ether oxygens (including phenoxy) is 1. The fourth-order valence-electron chi connectivity index (χ4n) is 3.44. The van der Waals surface area contributed by atoms with Crippen molar-refractivity contribution in [1.29, 1.82) is 0 Å². The van der Waals surface area contributed by atoms with Crippen LogP contribution in [0.25, 0.3) is 16.9 Å². The number of nitrogens with zero attached hydrogens (tertiary/aromatic N) is 2. The highest BCUT2D eigenvalue weighted by Crippen LogP contribution is 2.33. The van der Waals surface area contributed by atoms with Gasteiger partial charge in [0, 0.05) is 22.5 Å². The lowest BCUT2D eigenvalue weighted by Gasteiger charge is -2.13. The molecule has 3 aromatic carbocycles. The third-order valence-corrected chi connectivity index (χ3v) is 6.54. The largest absolute Gasteiger partial charge is 0.495 e. The first kappa shape index (κ1) is 23.0. The molecule has 0 unspecified atom stereocenters. The molecular formula is C26H24ClN3O2S. The maximum atomic E-state index is 12.7. The van der Waals surface area contributed by atoms with Crippen LogP contribution in [0.2, 0.25) is 5.02 Å². The molecule has 33 heavy (non-hydrogen) atoms. The number of imidazole rings is 1. The number of amides is 1. The van der Waals surface area contributed by atoms with Crippen LogP contribution >= 0.6 is 23.4 Å². The van der Waals surface area contributed by atoms with Gasteiger partial charge in [-0.3, -0.25) is 9.36 Å². The van der Waals surface area contributed by atoms with Gasteiger partial charge in [0.1, 0.15) is 5.75 Å². The monoisotopic (exact) mass is 477 g/mol. The number of benzene rings is 3. The van der Waals surface area contributed by atoms with E-state index in [-0.39, 0.29) is 11.7 Å². The van der Waals surface area contributed by atoms with Gasteiger partial charge in [0.05, 0.1) is 24.2 Å². The molecule has 0 saturated heterocycles. The van der Waals surface area contributed by atoms with Crippen LogP contribution in [0.4, 0.5) is 5.69 Å². The summed E-state index contributed by atoms with van der Waals surface area (Å²) in [5.74, 6) is 0.780. The predicted molar refractivity (Wildman–Crippen MR) is 136 cm³/mol. The van der Waals surface area contributed by atoms with E-state index in [1.54, 1.807) is 13.2 Å². The van der Waals surface area contributed by atoms with Crippen LogP contribution in [-0.4, -0.2) is 28.3 Å². The van der Waals surface area contributed by atoms with Gasteiger partial charge in [0.15, 0.2) is 5.16 Å². The van der Waals surface area contributed by atoms with E-state index in [2.05, 4.69) is 5.32 Å². The molecule has 0 radical (unpaired) electrons. The second-order valence-electron chi connectivity index (χ2n) is 7.55. The number of rotatable bonds is 7. The van der Waals surface area contributed by atoms with E-state index in [0.29, 0.717) is 15.9 Å². The highest BCUT2D eigenvalue weighted by Gasteiger charge is 2.17. The second kappa shape index (κ2) is 10.1. The summed E-state index contributed by atoms with van der Waals surface area (Å²) < 4.78 is 7.48. The Bertz CT molecular complexity index is 1290. The number of halogens is 1. The van der Waals surface area contributed by atoms with E-state index in [1.165, 1.54) is 11.8 Å². The average molecular weight is 478 g/mol. The lowest BCUT2D eigenvalue weighted by atomic mass is 10.1. The zero-order valence-corrected chi connectivity index (χ0v) is 20.2. The van der Waals surface area contributed by atoms with Crippen molar-refractivity contribution in [3.05, 3.63) is 89.1 Å². The first-order valence-corrected chi connectivity index (χ1v) is 11.8. The molecule has 0 aliphatic heterocycles. The van der Waals surface area contributed by atoms with Gasteiger partial charge in [-0.1, -0.05) is 65.8 Å². The lowest BCUT2D eigenvalue weighted by Crippen LogP contribution is -2.15. The zero-order valence-electron chi connectivity index (χ0n) is 18.6. The van der Waals surface area contributed by atoms with Crippen LogP contribution in [0, 0.1) is 13.8 Å². The third-order valence-electron chi connectivity index (χ3n) is 5.35. The van der Waals surface area contributed by atoms with E-state index >= 15 is 0 Å². The topological polar surface area (TPSA) is 56.2 Å². The molecule has 0 spiro atoms. The molecule has 0 bridgehead atoms. The minimum absolute atomic E-state index is 0.0948. The standard InChI is InChI=1S/C26H24ClN3O2S/c1-17-8-7-11-21(18(17)2)28-25(31)16-33-26-29-22(19-9-5-4-6-10-19)15-30(26)23-14-20(27)12-13-24(23)32-3/h4-15H,16H2,1-3H3,(H,28,31). The van der Waals surface area contributed by atoms with E-state index in [1.807, 2.05) is 85.3 Å². The lowest BCUT2D eigenvalue weighted by molar-refractivity contribution is -0.113. The molecule has 0 atom stereocenters. The maximum Gasteiger partial charge on any atom is 0.234 e. The zero-order chi connectivity index (χ0) is 23.4. The van der Waals surface area contributed by atoms with Crippen LogP contribution in [0.5, 0.6) is 5.75 Å². The summed E-state index contributed by atoms with van der Waals surface area (Å²) in [7, 11) is 1.62. The van der Waals surface area contributed by atoms with Crippen molar-refractivity contribution >= 4 is 35.0 Å². The first-order valence-electron chi connectivity index (χ1n) is 10.4. The fourth-order valence-corrected chi connectivity index (χ4v) is 4.39. The van der Waals surface area contributed by atoms with Gasteiger partial charge < -0.3 is 10.1 Å². The van der Waals surface area contributed by atoms with Crippen molar-refractivity contribution in [2.24, 2.45) is 0 Å². The molecule has 1 amide bonds. The summed E-state index contributed by atoms with van der Waals surface area (Å²) in [5, 5.41) is 4.27. The van der Waals surface area contributed by atoms with E-state index < -0.39 is 0 Å². The van der Waals surface area contributed by atoms with Gasteiger partial charge >= 0.3 is 0 Å². The number of hydrogen-bond donors (Lipinski definition) is 1. The van der Waals surface area contributed by atoms with Crippen LogP contribution in [0.1, 0.15) is 11.1 Å². The quantitative estimate of drug-likeness (QED) is 0.307. The molecule has 1 heterocycles. The number of methoxy groups -OCH3 is 1. The van der Waals surface area contributed by atoms with Crippen LogP contribution in [0.15, 0.2) is 78.1 Å². The SMILES string of the molecule is COc1ccc(Cl)cc1-n1cc(-c2ccccc2)nc1SCC(=O)Nc1cccc(C)c1C. The van der Waals surface area contributed by atoms with Crippen LogP contribution in [-0.2, 0) is 4.79 Å². The molecule has 0 fully saturated rings. The Balaban J connectivity index is 1.64. The Morgan fingerprint density at radius 2 is 1.88 bits per heavy atom. The van der Waals surface area contributed by atoms with Gasteiger partial charge in [-0.2, -0.15) is 0 Å². The number of carbonyl (C=O) groups excluding carboxylic acids is 1. The first-order chi connectivity index (χ1) is 16.0. The summed E-state index contributed by atoms with van der Waals surface area (Å²) in [5.41, 5.74) is 5.57. The highest BCUT2D eigenvalue weighted by atomic mass is 35.5. The van der Waals surface area contributed by atoms with Gasteiger partial charge in [-0.25, -0.2) is 4.98 Å². The minimum atomic E-state index is -0.0948. The fraction of sp³-hybridized carbons (Fsp3) is 0.154. The number of carbonyl (C=O) groups is 1. The minimum Gasteiger partial charge on any atom is -0.495 e. The maximum absolute atomic E-state index is 12.7. The van der Waals surface area contributed by atoms with Crippen molar-refractivity contribution in [3.8, 4) is 22.7 Å².